The summed E-state index contributed by atoms with van der Waals surface area (Å²) < 4.78 is 26.3. The summed E-state index contributed by atoms with van der Waals surface area (Å²) in [4.78, 5) is 4.10. The third-order valence-corrected chi connectivity index (χ3v) is 3.05. The average Bonchev–Trinajstić information content (AvgIpc) is 2.85. The highest BCUT2D eigenvalue weighted by molar-refractivity contribution is 7.13. The number of aliphatic imine (C=N–C) groups is 1. The smallest absolute Gasteiger partial charge is 0.133 e. The molecule has 0 amide bonds. The first kappa shape index (κ1) is 12.5. The molecule has 1 heterocycles. The molecule has 18 heavy (non-hydrogen) atoms. The minimum absolute atomic E-state index is 0.131. The van der Waals surface area contributed by atoms with Crippen LogP contribution in [0, 0.1) is 17.2 Å². The molecule has 3 nitrogen and oxygen atoms in total. The van der Waals surface area contributed by atoms with Gasteiger partial charge in [-0.2, -0.15) is 5.11 Å². The highest BCUT2D eigenvalue weighted by Gasteiger charge is 2.13. The van der Waals surface area contributed by atoms with Gasteiger partial charge in [-0.3, -0.25) is 0 Å². The molecule has 2 aromatic rings. The van der Waals surface area contributed by atoms with Crippen molar-refractivity contribution in [2.75, 3.05) is 0 Å². The third-order valence-electron chi connectivity index (χ3n) is 2.27. The molecule has 6 heteroatoms. The van der Waals surface area contributed by atoms with E-state index >= 15 is 0 Å². The second-order valence-electron chi connectivity index (χ2n) is 3.47. The summed E-state index contributed by atoms with van der Waals surface area (Å²) in [6.45, 7) is 0. The molecule has 0 radical (unpaired) electrons. The van der Waals surface area contributed by atoms with E-state index in [1.54, 1.807) is 6.07 Å². The van der Waals surface area contributed by atoms with Crippen LogP contribution in [-0.2, 0) is 0 Å². The molecule has 1 atom stereocenters. The fourth-order valence-corrected chi connectivity index (χ4v) is 1.99. The lowest BCUT2D eigenvalue weighted by molar-refractivity contribution is 0.568. The molecule has 0 saturated carbocycles. The number of nitrogens with one attached hydrogen (secondary N) is 1. The zero-order valence-corrected chi connectivity index (χ0v) is 9.99. The van der Waals surface area contributed by atoms with Crippen LogP contribution in [0.1, 0.15) is 11.6 Å². The summed E-state index contributed by atoms with van der Waals surface area (Å²) in [6, 6.07) is 5.97. The zero-order valence-electron chi connectivity index (χ0n) is 9.18. The Labute approximate surface area is 106 Å². The number of hydrogen-bond acceptors (Lipinski definition) is 4. The number of halogens is 2. The Morgan fingerprint density at radius 3 is 2.72 bits per heavy atom. The van der Waals surface area contributed by atoms with Crippen molar-refractivity contribution in [3.63, 3.8) is 0 Å². The number of nitrogens with zero attached hydrogens (tertiary/aromatic N) is 2. The predicted octanol–water partition coefficient (Wildman–Crippen LogP) is 4.50. The Hall–Kier alpha value is -1.95. The fourth-order valence-electron chi connectivity index (χ4n) is 1.41. The lowest BCUT2D eigenvalue weighted by atomic mass is 10.1. The Bertz CT molecular complexity index is 567. The molecule has 1 N–H and O–H groups in total. The highest BCUT2D eigenvalue weighted by atomic mass is 32.1. The summed E-state index contributed by atoms with van der Waals surface area (Å²) in [6.07, 6.45) is 1.37. The first-order valence-corrected chi connectivity index (χ1v) is 5.98. The average molecular weight is 265 g/mol. The van der Waals surface area contributed by atoms with Crippen molar-refractivity contribution < 1.29 is 8.78 Å². The first-order chi connectivity index (χ1) is 8.70. The molecule has 1 unspecified atom stereocenters. The van der Waals surface area contributed by atoms with Crippen LogP contribution in [-0.4, -0.2) is 6.21 Å². The van der Waals surface area contributed by atoms with Crippen molar-refractivity contribution in [1.82, 2.24) is 0 Å². The molecule has 0 aliphatic rings. The second kappa shape index (κ2) is 5.59. The van der Waals surface area contributed by atoms with E-state index < -0.39 is 17.7 Å². The molecule has 2 rings (SSSR count). The quantitative estimate of drug-likeness (QED) is 0.625. The molecule has 0 aliphatic carbocycles. The van der Waals surface area contributed by atoms with Crippen LogP contribution in [0.5, 0.6) is 0 Å². The van der Waals surface area contributed by atoms with Gasteiger partial charge in [0.15, 0.2) is 0 Å². The normalized spacial score (nSPS) is 12.8. The Balaban J connectivity index is 2.25. The topological polar surface area (TPSA) is 48.6 Å². The molecule has 92 valence electrons. The largest absolute Gasteiger partial charge is 0.248 e. The van der Waals surface area contributed by atoms with Gasteiger partial charge in [-0.25, -0.2) is 19.3 Å². The monoisotopic (exact) mass is 265 g/mol. The molecular formula is C12H9F2N3S. The predicted molar refractivity (Wildman–Crippen MR) is 66.7 cm³/mol. The summed E-state index contributed by atoms with van der Waals surface area (Å²) in [5, 5.41) is 5.89. The van der Waals surface area contributed by atoms with Crippen LogP contribution >= 0.6 is 11.3 Å². The van der Waals surface area contributed by atoms with Gasteiger partial charge in [-0.15, -0.1) is 11.3 Å². The van der Waals surface area contributed by atoms with Gasteiger partial charge in [0.2, 0.25) is 0 Å². The number of benzene rings is 1. The zero-order chi connectivity index (χ0) is 13.0. The van der Waals surface area contributed by atoms with E-state index in [-0.39, 0.29) is 5.56 Å². The van der Waals surface area contributed by atoms with Crippen molar-refractivity contribution >= 4 is 22.6 Å². The van der Waals surface area contributed by atoms with Crippen molar-refractivity contribution in [3.05, 3.63) is 52.9 Å². The maximum Gasteiger partial charge on any atom is 0.133 e. The van der Waals surface area contributed by atoms with Gasteiger partial charge in [0, 0.05) is 17.8 Å². The van der Waals surface area contributed by atoms with Gasteiger partial charge >= 0.3 is 0 Å². The van der Waals surface area contributed by atoms with E-state index in [0.29, 0.717) is 0 Å². The molecule has 0 saturated heterocycles. The van der Waals surface area contributed by atoms with Gasteiger partial charge in [0.05, 0.1) is 0 Å². The fraction of sp³-hybridized carbons (Fsp3) is 0.0833. The molecule has 1 aromatic heterocycles. The Morgan fingerprint density at radius 1 is 1.28 bits per heavy atom. The van der Waals surface area contributed by atoms with Crippen LogP contribution in [0.25, 0.3) is 0 Å². The molecule has 0 aliphatic heterocycles. The SMILES string of the molecule is N=NC(C=Nc1cccs1)c1ccc(F)cc1F. The number of rotatable bonds is 4. The van der Waals surface area contributed by atoms with E-state index in [1.807, 2.05) is 11.4 Å². The minimum atomic E-state index is -0.840. The van der Waals surface area contributed by atoms with Crippen LogP contribution in [0.15, 0.2) is 45.8 Å². The second-order valence-corrected chi connectivity index (χ2v) is 4.40. The van der Waals surface area contributed by atoms with Gasteiger partial charge in [0.1, 0.15) is 22.7 Å². The molecule has 1 aromatic carbocycles. The van der Waals surface area contributed by atoms with E-state index in [1.165, 1.54) is 23.6 Å². The standard InChI is InChI=1S/C12H9F2N3S/c13-8-3-4-9(10(14)6-8)11(17-15)7-16-12-2-1-5-18-12/h1-7,11,15H. The Morgan fingerprint density at radius 2 is 2.11 bits per heavy atom. The van der Waals surface area contributed by atoms with Gasteiger partial charge in [0.25, 0.3) is 0 Å². The highest BCUT2D eigenvalue weighted by Crippen LogP contribution is 2.23. The first-order valence-electron chi connectivity index (χ1n) is 5.10. The summed E-state index contributed by atoms with van der Waals surface area (Å²) >= 11 is 1.42. The van der Waals surface area contributed by atoms with Crippen LogP contribution in [0.3, 0.4) is 0 Å². The minimum Gasteiger partial charge on any atom is -0.248 e. The van der Waals surface area contributed by atoms with Crippen molar-refractivity contribution in [2.24, 2.45) is 10.1 Å². The van der Waals surface area contributed by atoms with Crippen molar-refractivity contribution in [3.8, 4) is 0 Å². The van der Waals surface area contributed by atoms with Crippen molar-refractivity contribution in [1.29, 1.82) is 5.53 Å². The van der Waals surface area contributed by atoms with E-state index in [4.69, 9.17) is 5.53 Å². The van der Waals surface area contributed by atoms with Crippen LogP contribution in [0.4, 0.5) is 13.8 Å². The van der Waals surface area contributed by atoms with Crippen LogP contribution in [0.2, 0.25) is 0 Å². The van der Waals surface area contributed by atoms with E-state index in [2.05, 4.69) is 10.1 Å². The Kier molecular flexibility index (Phi) is 3.88. The molecule has 0 bridgehead atoms. The summed E-state index contributed by atoms with van der Waals surface area (Å²) in [5.41, 5.74) is 7.18. The molecule has 0 fully saturated rings. The van der Waals surface area contributed by atoms with Crippen LogP contribution < -0.4 is 0 Å². The van der Waals surface area contributed by atoms with Gasteiger partial charge in [-0.1, -0.05) is 6.07 Å². The van der Waals surface area contributed by atoms with Gasteiger partial charge < -0.3 is 0 Å². The number of hydrogen-bond donors (Lipinski definition) is 1. The summed E-state index contributed by atoms with van der Waals surface area (Å²) in [5.74, 6) is -1.39. The van der Waals surface area contributed by atoms with Crippen molar-refractivity contribution in [2.45, 2.75) is 6.04 Å². The van der Waals surface area contributed by atoms with E-state index in [0.717, 1.165) is 17.1 Å². The maximum absolute atomic E-state index is 13.5. The summed E-state index contributed by atoms with van der Waals surface area (Å²) in [7, 11) is 0. The lowest BCUT2D eigenvalue weighted by Gasteiger charge is -2.06. The lowest BCUT2D eigenvalue weighted by Crippen LogP contribution is -2.00. The van der Waals surface area contributed by atoms with Gasteiger partial charge in [-0.05, 0) is 23.6 Å². The number of thiophene rings is 1. The molecule has 0 spiro atoms. The maximum atomic E-state index is 13.5. The molecular weight excluding hydrogens is 256 g/mol. The third kappa shape index (κ3) is 2.84. The van der Waals surface area contributed by atoms with E-state index in [9.17, 15) is 8.78 Å².